The van der Waals surface area contributed by atoms with Crippen molar-refractivity contribution in [3.8, 4) is 0 Å². The van der Waals surface area contributed by atoms with Crippen molar-refractivity contribution < 1.29 is 8.42 Å². The van der Waals surface area contributed by atoms with Crippen LogP contribution in [0, 0.1) is 0 Å². The number of halogens is 1. The zero-order valence-corrected chi connectivity index (χ0v) is 10.6. The molecule has 0 aliphatic rings. The number of sulfonamides is 1. The van der Waals surface area contributed by atoms with Crippen LogP contribution in [0.2, 0.25) is 0 Å². The van der Waals surface area contributed by atoms with Crippen LogP contribution in [0.1, 0.15) is 13.8 Å². The molecule has 15 heavy (non-hydrogen) atoms. The molecule has 84 valence electrons. The molecule has 0 aliphatic carbocycles. The molecule has 1 aromatic heterocycles. The van der Waals surface area contributed by atoms with Crippen molar-refractivity contribution in [1.29, 1.82) is 0 Å². The lowest BCUT2D eigenvalue weighted by Crippen LogP contribution is -2.33. The Morgan fingerprint density at radius 1 is 1.47 bits per heavy atom. The first-order valence-corrected chi connectivity index (χ1v) is 6.51. The predicted molar refractivity (Wildman–Crippen MR) is 60.2 cm³/mol. The Balaban J connectivity index is 3.27. The Morgan fingerprint density at radius 2 is 2.07 bits per heavy atom. The normalized spacial score (nSPS) is 12.0. The highest BCUT2D eigenvalue weighted by Crippen LogP contribution is 2.10. The summed E-state index contributed by atoms with van der Waals surface area (Å²) in [5.74, 6) is 0. The fraction of sp³-hybridized carbons (Fsp3) is 0.375. The van der Waals surface area contributed by atoms with Crippen molar-refractivity contribution in [1.82, 2.24) is 9.71 Å². The molecule has 2 N–H and O–H groups in total. The summed E-state index contributed by atoms with van der Waals surface area (Å²) in [5, 5.41) is 0. The van der Waals surface area contributed by atoms with Gasteiger partial charge in [0.1, 0.15) is 4.90 Å². The van der Waals surface area contributed by atoms with Gasteiger partial charge in [-0.25, -0.2) is 13.1 Å². The molecular weight excluding hydrogens is 284 g/mol. The molecule has 1 rings (SSSR count). The first-order chi connectivity index (χ1) is 6.83. The van der Waals surface area contributed by atoms with Gasteiger partial charge in [-0.15, -0.1) is 0 Å². The number of nitrogens with one attached hydrogen (secondary N) is 2. The van der Waals surface area contributed by atoms with E-state index in [1.165, 1.54) is 12.3 Å². The van der Waals surface area contributed by atoms with Crippen molar-refractivity contribution in [3.05, 3.63) is 27.1 Å². The van der Waals surface area contributed by atoms with Crippen molar-refractivity contribution >= 4 is 26.0 Å². The Morgan fingerprint density at radius 3 is 2.60 bits per heavy atom. The molecule has 5 nitrogen and oxygen atoms in total. The van der Waals surface area contributed by atoms with E-state index in [1.54, 1.807) is 13.8 Å². The van der Waals surface area contributed by atoms with Gasteiger partial charge in [-0.1, -0.05) is 0 Å². The Hall–Kier alpha value is -0.660. The molecule has 0 aliphatic heterocycles. The minimum atomic E-state index is -3.74. The monoisotopic (exact) mass is 294 g/mol. The minimum Gasteiger partial charge on any atom is -0.327 e. The van der Waals surface area contributed by atoms with Crippen molar-refractivity contribution in [2.45, 2.75) is 24.8 Å². The molecule has 7 heteroatoms. The first-order valence-electron chi connectivity index (χ1n) is 4.23. The molecule has 0 bridgehead atoms. The van der Waals surface area contributed by atoms with Crippen LogP contribution in [0.15, 0.2) is 26.4 Å². The van der Waals surface area contributed by atoms with E-state index in [-0.39, 0.29) is 10.9 Å². The maximum Gasteiger partial charge on any atom is 0.268 e. The van der Waals surface area contributed by atoms with Gasteiger partial charge in [-0.05, 0) is 35.8 Å². The van der Waals surface area contributed by atoms with Gasteiger partial charge < -0.3 is 4.98 Å². The second kappa shape index (κ2) is 4.46. The van der Waals surface area contributed by atoms with E-state index >= 15 is 0 Å². The van der Waals surface area contributed by atoms with Crippen molar-refractivity contribution in [2.24, 2.45) is 0 Å². The van der Waals surface area contributed by atoms with Crippen molar-refractivity contribution in [2.75, 3.05) is 0 Å². The van der Waals surface area contributed by atoms with Gasteiger partial charge in [0.15, 0.2) is 0 Å². The van der Waals surface area contributed by atoms with Gasteiger partial charge >= 0.3 is 0 Å². The summed E-state index contributed by atoms with van der Waals surface area (Å²) in [6.07, 6.45) is 1.39. The molecule has 0 aromatic carbocycles. The van der Waals surface area contributed by atoms with Crippen LogP contribution in [0.25, 0.3) is 0 Å². The zero-order chi connectivity index (χ0) is 11.6. The van der Waals surface area contributed by atoms with Gasteiger partial charge in [0, 0.05) is 16.7 Å². The van der Waals surface area contributed by atoms with Gasteiger partial charge in [0.05, 0.1) is 0 Å². The standard InChI is InChI=1S/C8H11BrN2O3S/c1-5(2)11-15(13,14)7-3-6(9)4-10-8(7)12/h3-5,11H,1-2H3,(H,10,12). The Bertz CT molecular complexity index is 507. The van der Waals surface area contributed by atoms with Gasteiger partial charge in [-0.2, -0.15) is 0 Å². The topological polar surface area (TPSA) is 79.0 Å². The van der Waals surface area contributed by atoms with E-state index in [1.807, 2.05) is 0 Å². The Kier molecular flexibility index (Phi) is 3.69. The zero-order valence-electron chi connectivity index (χ0n) is 8.24. The third-order valence-corrected chi connectivity index (χ3v) is 3.64. The van der Waals surface area contributed by atoms with Gasteiger partial charge in [-0.3, -0.25) is 4.79 Å². The fourth-order valence-electron chi connectivity index (χ4n) is 1.01. The van der Waals surface area contributed by atoms with Crippen LogP contribution in [-0.2, 0) is 10.0 Å². The highest BCUT2D eigenvalue weighted by Gasteiger charge is 2.19. The molecule has 0 radical (unpaired) electrons. The molecule has 0 saturated heterocycles. The summed E-state index contributed by atoms with van der Waals surface area (Å²) >= 11 is 3.09. The summed E-state index contributed by atoms with van der Waals surface area (Å²) in [4.78, 5) is 13.3. The highest BCUT2D eigenvalue weighted by molar-refractivity contribution is 9.10. The lowest BCUT2D eigenvalue weighted by Gasteiger charge is -2.08. The quantitative estimate of drug-likeness (QED) is 0.866. The average Bonchev–Trinajstić information content (AvgIpc) is 2.06. The number of hydrogen-bond acceptors (Lipinski definition) is 3. The minimum absolute atomic E-state index is 0.256. The molecule has 1 heterocycles. The van der Waals surface area contributed by atoms with Crippen LogP contribution < -0.4 is 10.3 Å². The maximum atomic E-state index is 11.7. The molecule has 0 spiro atoms. The van der Waals surface area contributed by atoms with E-state index in [0.29, 0.717) is 4.47 Å². The molecular formula is C8H11BrN2O3S. The van der Waals surface area contributed by atoms with Crippen LogP contribution in [0.4, 0.5) is 0 Å². The van der Waals surface area contributed by atoms with E-state index in [2.05, 4.69) is 25.6 Å². The smallest absolute Gasteiger partial charge is 0.268 e. The summed E-state index contributed by atoms with van der Waals surface area (Å²) in [7, 11) is -3.74. The summed E-state index contributed by atoms with van der Waals surface area (Å²) < 4.78 is 26.2. The maximum absolute atomic E-state index is 11.7. The molecule has 0 fully saturated rings. The van der Waals surface area contributed by atoms with Crippen LogP contribution >= 0.6 is 15.9 Å². The van der Waals surface area contributed by atoms with E-state index < -0.39 is 15.6 Å². The second-order valence-corrected chi connectivity index (χ2v) is 5.89. The molecule has 0 amide bonds. The highest BCUT2D eigenvalue weighted by atomic mass is 79.9. The molecule has 1 aromatic rings. The van der Waals surface area contributed by atoms with Crippen LogP contribution in [0.3, 0.4) is 0 Å². The van der Waals surface area contributed by atoms with E-state index in [0.717, 1.165) is 0 Å². The lowest BCUT2D eigenvalue weighted by molar-refractivity contribution is 0.568. The predicted octanol–water partition coefficient (Wildman–Crippen LogP) is 0.824. The van der Waals surface area contributed by atoms with Gasteiger partial charge in [0.25, 0.3) is 5.56 Å². The van der Waals surface area contributed by atoms with Crippen LogP contribution in [-0.4, -0.2) is 19.4 Å². The number of aromatic nitrogens is 1. The third kappa shape index (κ3) is 3.15. The largest absolute Gasteiger partial charge is 0.327 e. The van der Waals surface area contributed by atoms with E-state index in [9.17, 15) is 13.2 Å². The Labute approximate surface area is 96.1 Å². The summed E-state index contributed by atoms with van der Waals surface area (Å²) in [6, 6.07) is 1.01. The number of hydrogen-bond donors (Lipinski definition) is 2. The fourth-order valence-corrected chi connectivity index (χ4v) is 2.84. The first kappa shape index (κ1) is 12.4. The third-order valence-electron chi connectivity index (χ3n) is 1.51. The number of pyridine rings is 1. The molecule has 0 unspecified atom stereocenters. The number of rotatable bonds is 3. The molecule has 0 atom stereocenters. The summed E-state index contributed by atoms with van der Waals surface area (Å²) in [6.45, 7) is 3.37. The lowest BCUT2D eigenvalue weighted by atomic mass is 10.4. The average molecular weight is 295 g/mol. The summed E-state index contributed by atoms with van der Waals surface area (Å²) in [5.41, 5.74) is -0.633. The number of aromatic amines is 1. The molecule has 0 saturated carbocycles. The van der Waals surface area contributed by atoms with Gasteiger partial charge in [0.2, 0.25) is 10.0 Å². The van der Waals surface area contributed by atoms with E-state index in [4.69, 9.17) is 0 Å². The second-order valence-electron chi connectivity index (χ2n) is 3.29. The SMILES string of the molecule is CC(C)NS(=O)(=O)c1cc(Br)c[nH]c1=O. The van der Waals surface area contributed by atoms with Crippen molar-refractivity contribution in [3.63, 3.8) is 0 Å². The number of H-pyrrole nitrogens is 1. The van der Waals surface area contributed by atoms with Crippen LogP contribution in [0.5, 0.6) is 0 Å².